The van der Waals surface area contributed by atoms with Crippen LogP contribution in [0.5, 0.6) is 0 Å². The molecule has 1 aromatic heterocycles. The molecule has 0 saturated heterocycles. The average Bonchev–Trinajstić information content (AvgIpc) is 3.12. The summed E-state index contributed by atoms with van der Waals surface area (Å²) in [7, 11) is -3.72. The third-order valence-electron chi connectivity index (χ3n) is 7.85. The van der Waals surface area contributed by atoms with E-state index in [9.17, 15) is 13.2 Å². The van der Waals surface area contributed by atoms with Crippen molar-refractivity contribution < 1.29 is 17.6 Å². The number of halogens is 1. The van der Waals surface area contributed by atoms with Crippen molar-refractivity contribution in [2.24, 2.45) is 0 Å². The van der Waals surface area contributed by atoms with Gasteiger partial charge in [-0.05, 0) is 78.8 Å². The van der Waals surface area contributed by atoms with Crippen LogP contribution in [0.2, 0.25) is 0 Å². The highest BCUT2D eigenvalue weighted by Crippen LogP contribution is 2.37. The van der Waals surface area contributed by atoms with Gasteiger partial charge in [0.15, 0.2) is 5.82 Å². The number of hydrogen-bond acceptors (Lipinski definition) is 6. The minimum absolute atomic E-state index is 0.0151. The van der Waals surface area contributed by atoms with Gasteiger partial charge in [-0.15, -0.1) is 0 Å². The number of anilines is 3. The molecule has 224 valence electrons. The third-order valence-corrected chi connectivity index (χ3v) is 9.80. The van der Waals surface area contributed by atoms with Crippen LogP contribution in [-0.4, -0.2) is 36.7 Å². The van der Waals surface area contributed by atoms with Gasteiger partial charge in [0, 0.05) is 38.2 Å². The van der Waals surface area contributed by atoms with Gasteiger partial charge in [0.05, 0.1) is 28.2 Å². The number of fused-ring (bicyclic) bond motifs is 1. The Labute approximate surface area is 252 Å². The Morgan fingerprint density at radius 2 is 1.93 bits per heavy atom. The highest BCUT2D eigenvalue weighted by Gasteiger charge is 2.30. The SMILES string of the molecule is CCNc1ccc(C(CC(=O)Nc2cccnc2)c2ccc(C)c(CN3CCCc4ccccc4S3(=O)=O)c2)c(F)c1N. The van der Waals surface area contributed by atoms with Crippen LogP contribution >= 0.6 is 0 Å². The second kappa shape index (κ2) is 12.9. The number of rotatable bonds is 9. The van der Waals surface area contributed by atoms with Gasteiger partial charge < -0.3 is 16.4 Å². The first-order valence-electron chi connectivity index (χ1n) is 14.4. The zero-order chi connectivity index (χ0) is 30.6. The van der Waals surface area contributed by atoms with E-state index in [0.717, 1.165) is 16.7 Å². The van der Waals surface area contributed by atoms with E-state index in [1.165, 1.54) is 4.31 Å². The predicted octanol–water partition coefficient (Wildman–Crippen LogP) is 5.84. The molecule has 1 amide bonds. The molecule has 0 radical (unpaired) electrons. The van der Waals surface area contributed by atoms with E-state index in [1.807, 2.05) is 44.2 Å². The van der Waals surface area contributed by atoms with Crippen LogP contribution < -0.4 is 16.4 Å². The average molecular weight is 602 g/mol. The molecule has 3 aromatic carbocycles. The molecule has 4 N–H and O–H groups in total. The number of hydrogen-bond donors (Lipinski definition) is 3. The molecule has 1 aliphatic heterocycles. The van der Waals surface area contributed by atoms with Gasteiger partial charge in [0.25, 0.3) is 0 Å². The molecular formula is C33H36FN5O3S. The summed E-state index contributed by atoms with van der Waals surface area (Å²) < 4.78 is 44.7. The summed E-state index contributed by atoms with van der Waals surface area (Å²) >= 11 is 0. The molecule has 8 nitrogen and oxygen atoms in total. The molecule has 0 fully saturated rings. The number of nitrogens with zero attached hydrogens (tertiary/aromatic N) is 2. The Kier molecular flexibility index (Phi) is 9.08. The van der Waals surface area contributed by atoms with E-state index in [4.69, 9.17) is 5.73 Å². The number of amides is 1. The normalized spacial score (nSPS) is 15.2. The van der Waals surface area contributed by atoms with E-state index < -0.39 is 21.8 Å². The zero-order valence-electron chi connectivity index (χ0n) is 24.3. The quantitative estimate of drug-likeness (QED) is 0.208. The fourth-order valence-electron chi connectivity index (χ4n) is 5.56. The second-order valence-corrected chi connectivity index (χ2v) is 12.6. The molecule has 0 spiro atoms. The van der Waals surface area contributed by atoms with Gasteiger partial charge in [0.1, 0.15) is 0 Å². The summed E-state index contributed by atoms with van der Waals surface area (Å²) in [6.45, 7) is 4.94. The lowest BCUT2D eigenvalue weighted by Crippen LogP contribution is -2.31. The van der Waals surface area contributed by atoms with Crippen LogP contribution in [-0.2, 0) is 27.8 Å². The van der Waals surface area contributed by atoms with Crippen LogP contribution in [0.3, 0.4) is 0 Å². The minimum Gasteiger partial charge on any atom is -0.395 e. The largest absolute Gasteiger partial charge is 0.395 e. The van der Waals surface area contributed by atoms with Crippen LogP contribution in [0, 0.1) is 12.7 Å². The van der Waals surface area contributed by atoms with E-state index in [1.54, 1.807) is 48.8 Å². The number of sulfonamides is 1. The maximum Gasteiger partial charge on any atom is 0.243 e. The molecule has 10 heteroatoms. The number of nitrogens with two attached hydrogens (primary N) is 1. The van der Waals surface area contributed by atoms with Crippen LogP contribution in [0.15, 0.2) is 84.0 Å². The number of pyridine rings is 1. The van der Waals surface area contributed by atoms with E-state index in [2.05, 4.69) is 15.6 Å². The molecule has 43 heavy (non-hydrogen) atoms. The Morgan fingerprint density at radius 3 is 2.70 bits per heavy atom. The first kappa shape index (κ1) is 30.2. The number of benzene rings is 3. The number of nitrogen functional groups attached to an aromatic ring is 1. The summed E-state index contributed by atoms with van der Waals surface area (Å²) in [5.41, 5.74) is 10.7. The Bertz CT molecular complexity index is 1730. The molecule has 4 aromatic rings. The van der Waals surface area contributed by atoms with Crippen molar-refractivity contribution in [3.63, 3.8) is 0 Å². The van der Waals surface area contributed by atoms with Crippen molar-refractivity contribution in [2.75, 3.05) is 29.5 Å². The molecule has 1 unspecified atom stereocenters. The molecular weight excluding hydrogens is 565 g/mol. The molecule has 0 bridgehead atoms. The van der Waals surface area contributed by atoms with Crippen molar-refractivity contribution >= 4 is 33.0 Å². The molecule has 1 atom stereocenters. The first-order chi connectivity index (χ1) is 20.7. The fraction of sp³-hybridized carbons (Fsp3) is 0.273. The standard InChI is InChI=1S/C33H36FN5O3S/c1-3-37-29-15-14-27(32(34)33(29)35)28(19-31(40)38-26-10-6-16-36-20-26)24-13-12-22(2)25(18-24)21-39-17-7-9-23-8-4-5-11-30(23)43(39,41)42/h4-6,8,10-16,18,20,28,37H,3,7,9,17,19,21,35H2,1-2H3,(H,38,40). The van der Waals surface area contributed by atoms with Gasteiger partial charge >= 0.3 is 0 Å². The lowest BCUT2D eigenvalue weighted by atomic mass is 9.85. The highest BCUT2D eigenvalue weighted by molar-refractivity contribution is 7.89. The van der Waals surface area contributed by atoms with Gasteiger partial charge in [-0.2, -0.15) is 4.31 Å². The molecule has 5 rings (SSSR count). The fourth-order valence-corrected chi connectivity index (χ4v) is 7.27. The van der Waals surface area contributed by atoms with Gasteiger partial charge in [-0.1, -0.05) is 42.5 Å². The van der Waals surface area contributed by atoms with Gasteiger partial charge in [-0.25, -0.2) is 12.8 Å². The minimum atomic E-state index is -3.72. The van der Waals surface area contributed by atoms with Crippen molar-refractivity contribution in [2.45, 2.75) is 50.5 Å². The lowest BCUT2D eigenvalue weighted by molar-refractivity contribution is -0.116. The van der Waals surface area contributed by atoms with Crippen molar-refractivity contribution in [1.82, 2.24) is 9.29 Å². The van der Waals surface area contributed by atoms with E-state index >= 15 is 4.39 Å². The maximum absolute atomic E-state index is 15.8. The highest BCUT2D eigenvalue weighted by atomic mass is 32.2. The van der Waals surface area contributed by atoms with E-state index in [-0.39, 0.29) is 30.1 Å². The number of carbonyl (C=O) groups excluding carboxylic acids is 1. The van der Waals surface area contributed by atoms with Gasteiger partial charge in [-0.3, -0.25) is 9.78 Å². The summed E-state index contributed by atoms with van der Waals surface area (Å²) in [5.74, 6) is -1.59. The topological polar surface area (TPSA) is 117 Å². The van der Waals surface area contributed by atoms with Crippen molar-refractivity contribution in [3.8, 4) is 0 Å². The molecule has 0 saturated carbocycles. The molecule has 0 aliphatic carbocycles. The summed E-state index contributed by atoms with van der Waals surface area (Å²) in [6.07, 6.45) is 4.47. The summed E-state index contributed by atoms with van der Waals surface area (Å²) in [4.78, 5) is 17.6. The Morgan fingerprint density at radius 1 is 1.12 bits per heavy atom. The number of carbonyl (C=O) groups is 1. The van der Waals surface area contributed by atoms with E-state index in [0.29, 0.717) is 47.8 Å². The third kappa shape index (κ3) is 6.55. The van der Waals surface area contributed by atoms with Crippen molar-refractivity contribution in [3.05, 3.63) is 113 Å². The molecule has 2 heterocycles. The lowest BCUT2D eigenvalue weighted by Gasteiger charge is -2.24. The Balaban J connectivity index is 1.52. The van der Waals surface area contributed by atoms with Gasteiger partial charge in [0.2, 0.25) is 15.9 Å². The van der Waals surface area contributed by atoms with Crippen LogP contribution in [0.25, 0.3) is 0 Å². The van der Waals surface area contributed by atoms with Crippen molar-refractivity contribution in [1.29, 1.82) is 0 Å². The van der Waals surface area contributed by atoms with Crippen LogP contribution in [0.4, 0.5) is 21.5 Å². The Hall–Kier alpha value is -4.28. The monoisotopic (exact) mass is 601 g/mol. The number of aryl methyl sites for hydroxylation is 2. The summed E-state index contributed by atoms with van der Waals surface area (Å²) in [6, 6.07) is 19.6. The molecule has 1 aliphatic rings. The maximum atomic E-state index is 15.8. The predicted molar refractivity (Wildman–Crippen MR) is 168 cm³/mol. The number of aromatic nitrogens is 1. The number of nitrogens with one attached hydrogen (secondary N) is 2. The zero-order valence-corrected chi connectivity index (χ0v) is 25.1. The summed E-state index contributed by atoms with van der Waals surface area (Å²) in [5, 5.41) is 5.91. The second-order valence-electron chi connectivity index (χ2n) is 10.7. The first-order valence-corrected chi connectivity index (χ1v) is 15.8. The van der Waals surface area contributed by atoms with Crippen LogP contribution in [0.1, 0.15) is 53.5 Å². The smallest absolute Gasteiger partial charge is 0.243 e.